The zero-order valence-corrected chi connectivity index (χ0v) is 12.1. The van der Waals surface area contributed by atoms with Crippen LogP contribution in [0.1, 0.15) is 41.5 Å². The quantitative estimate of drug-likeness (QED) is 0.669. The van der Waals surface area contributed by atoms with Crippen LogP contribution in [-0.4, -0.2) is 13.7 Å². The van der Waals surface area contributed by atoms with Crippen molar-refractivity contribution in [2.45, 2.75) is 51.0 Å². The molecule has 0 saturated carbocycles. The monoisotopic (exact) mass is 240 g/mol. The second kappa shape index (κ2) is 6.19. The predicted octanol–water partition coefficient (Wildman–Crippen LogP) is 4.02. The van der Waals surface area contributed by atoms with Crippen molar-refractivity contribution >= 4 is 10.8 Å². The van der Waals surface area contributed by atoms with Crippen LogP contribution in [0.5, 0.6) is 0 Å². The van der Waals surface area contributed by atoms with E-state index in [0.717, 1.165) is 0 Å². The lowest BCUT2D eigenvalue weighted by atomic mass is 10.2. The molecule has 0 N–H and O–H groups in total. The van der Waals surface area contributed by atoms with Gasteiger partial charge in [-0.15, -0.1) is 0 Å². The van der Waals surface area contributed by atoms with Gasteiger partial charge in [0.25, 0.3) is 0 Å². The van der Waals surface area contributed by atoms with Crippen LogP contribution in [0.2, 0.25) is 0 Å². The van der Waals surface area contributed by atoms with E-state index in [2.05, 4.69) is 0 Å². The standard InChI is InChI=1S/C8H18OS.C6H6/c1-7(2,3)10(9)8(4,5)6;1-2-4-6-5-3-1/h1-6H3;1-6H. The van der Waals surface area contributed by atoms with Gasteiger partial charge in [-0.1, -0.05) is 36.4 Å². The zero-order chi connectivity index (χ0) is 12.8. The molecule has 0 aliphatic heterocycles. The Morgan fingerprint density at radius 3 is 0.875 bits per heavy atom. The average Bonchev–Trinajstić information content (AvgIpc) is 2.17. The van der Waals surface area contributed by atoms with Crippen LogP contribution < -0.4 is 0 Å². The molecule has 0 aliphatic carbocycles. The maximum Gasteiger partial charge on any atom is 0.0380 e. The lowest BCUT2D eigenvalue weighted by Crippen LogP contribution is -2.35. The van der Waals surface area contributed by atoms with E-state index in [9.17, 15) is 4.21 Å². The number of rotatable bonds is 0. The van der Waals surface area contributed by atoms with E-state index < -0.39 is 10.8 Å². The van der Waals surface area contributed by atoms with Crippen molar-refractivity contribution in [1.82, 2.24) is 0 Å². The molecule has 0 aromatic heterocycles. The highest BCUT2D eigenvalue weighted by Gasteiger charge is 2.30. The molecule has 0 fully saturated rings. The molecule has 16 heavy (non-hydrogen) atoms. The Kier molecular flexibility index (Phi) is 5.95. The van der Waals surface area contributed by atoms with Gasteiger partial charge in [0.05, 0.1) is 0 Å². The molecule has 1 aromatic carbocycles. The fourth-order valence-corrected chi connectivity index (χ4v) is 3.14. The molecule has 0 aliphatic rings. The first kappa shape index (κ1) is 15.4. The van der Waals surface area contributed by atoms with Crippen molar-refractivity contribution in [3.63, 3.8) is 0 Å². The van der Waals surface area contributed by atoms with Crippen LogP contribution in [0.15, 0.2) is 36.4 Å². The van der Waals surface area contributed by atoms with E-state index in [1.54, 1.807) is 0 Å². The van der Waals surface area contributed by atoms with E-state index in [1.165, 1.54) is 0 Å². The molecular formula is C14H24OS. The summed E-state index contributed by atoms with van der Waals surface area (Å²) in [5, 5.41) is 0. The summed E-state index contributed by atoms with van der Waals surface area (Å²) in [6.45, 7) is 12.0. The van der Waals surface area contributed by atoms with Crippen molar-refractivity contribution in [3.05, 3.63) is 36.4 Å². The van der Waals surface area contributed by atoms with Gasteiger partial charge in [-0.2, -0.15) is 0 Å². The van der Waals surface area contributed by atoms with Gasteiger partial charge in [0.15, 0.2) is 0 Å². The molecule has 0 bridgehead atoms. The first-order valence-electron chi connectivity index (χ1n) is 5.57. The van der Waals surface area contributed by atoms with Crippen molar-refractivity contribution in [2.24, 2.45) is 0 Å². The van der Waals surface area contributed by atoms with Crippen LogP contribution in [0, 0.1) is 0 Å². The van der Waals surface area contributed by atoms with Crippen molar-refractivity contribution < 1.29 is 4.21 Å². The predicted molar refractivity (Wildman–Crippen MR) is 74.1 cm³/mol. The first-order valence-corrected chi connectivity index (χ1v) is 6.72. The minimum absolute atomic E-state index is 0.0851. The van der Waals surface area contributed by atoms with Crippen molar-refractivity contribution in [1.29, 1.82) is 0 Å². The van der Waals surface area contributed by atoms with E-state index in [0.29, 0.717) is 0 Å². The largest absolute Gasteiger partial charge is 0.258 e. The normalized spacial score (nSPS) is 11.9. The molecule has 1 aromatic rings. The molecular weight excluding hydrogens is 216 g/mol. The van der Waals surface area contributed by atoms with Crippen molar-refractivity contribution in [2.75, 3.05) is 0 Å². The van der Waals surface area contributed by atoms with Gasteiger partial charge in [0.1, 0.15) is 0 Å². The summed E-state index contributed by atoms with van der Waals surface area (Å²) in [6.07, 6.45) is 0. The molecule has 0 atom stereocenters. The van der Waals surface area contributed by atoms with E-state index in [4.69, 9.17) is 0 Å². The minimum Gasteiger partial charge on any atom is -0.258 e. The summed E-state index contributed by atoms with van der Waals surface area (Å²) in [6, 6.07) is 12.0. The molecule has 0 unspecified atom stereocenters. The zero-order valence-electron chi connectivity index (χ0n) is 11.3. The molecule has 2 heteroatoms. The van der Waals surface area contributed by atoms with Crippen LogP contribution in [-0.2, 0) is 10.8 Å². The Bertz CT molecular complexity index is 261. The molecule has 1 rings (SSSR count). The van der Waals surface area contributed by atoms with Gasteiger partial charge in [0.2, 0.25) is 0 Å². The van der Waals surface area contributed by atoms with Gasteiger partial charge in [0, 0.05) is 20.3 Å². The van der Waals surface area contributed by atoms with Crippen LogP contribution >= 0.6 is 0 Å². The van der Waals surface area contributed by atoms with E-state index >= 15 is 0 Å². The fourth-order valence-electron chi connectivity index (χ4n) is 1.30. The summed E-state index contributed by atoms with van der Waals surface area (Å²) in [5.74, 6) is 0. The molecule has 1 nitrogen and oxygen atoms in total. The Morgan fingerprint density at radius 1 is 0.625 bits per heavy atom. The molecule has 0 saturated heterocycles. The topological polar surface area (TPSA) is 17.1 Å². The summed E-state index contributed by atoms with van der Waals surface area (Å²) >= 11 is 0. The number of hydrogen-bond acceptors (Lipinski definition) is 1. The lowest BCUT2D eigenvalue weighted by molar-refractivity contribution is 0.611. The first-order chi connectivity index (χ1) is 7.15. The average molecular weight is 240 g/mol. The third-order valence-electron chi connectivity index (χ3n) is 1.78. The highest BCUT2D eigenvalue weighted by Crippen LogP contribution is 2.23. The summed E-state index contributed by atoms with van der Waals surface area (Å²) < 4.78 is 11.4. The number of benzene rings is 1. The smallest absolute Gasteiger partial charge is 0.0380 e. The molecule has 92 valence electrons. The molecule has 0 heterocycles. The third kappa shape index (κ3) is 6.78. The van der Waals surface area contributed by atoms with E-state index in [1.807, 2.05) is 77.9 Å². The van der Waals surface area contributed by atoms with E-state index in [-0.39, 0.29) is 9.49 Å². The molecule has 0 amide bonds. The Labute approximate surface area is 103 Å². The van der Waals surface area contributed by atoms with Crippen molar-refractivity contribution in [3.8, 4) is 0 Å². The van der Waals surface area contributed by atoms with Gasteiger partial charge in [-0.05, 0) is 41.5 Å². The van der Waals surface area contributed by atoms with Crippen LogP contribution in [0.25, 0.3) is 0 Å². The lowest BCUT2D eigenvalue weighted by Gasteiger charge is -2.28. The number of hydrogen-bond donors (Lipinski definition) is 0. The second-order valence-corrected chi connectivity index (χ2v) is 8.64. The van der Waals surface area contributed by atoms with Crippen LogP contribution in [0.4, 0.5) is 0 Å². The summed E-state index contributed by atoms with van der Waals surface area (Å²) in [7, 11) is -0.755. The minimum atomic E-state index is -0.755. The summed E-state index contributed by atoms with van der Waals surface area (Å²) in [4.78, 5) is 0. The Morgan fingerprint density at radius 2 is 0.812 bits per heavy atom. The van der Waals surface area contributed by atoms with Gasteiger partial charge >= 0.3 is 0 Å². The maximum atomic E-state index is 11.6. The SMILES string of the molecule is CC(C)(C)S(=O)C(C)(C)C.c1ccccc1. The second-order valence-electron chi connectivity index (χ2n) is 5.65. The summed E-state index contributed by atoms with van der Waals surface area (Å²) in [5.41, 5.74) is 0. The highest BCUT2D eigenvalue weighted by atomic mass is 32.2. The molecule has 0 radical (unpaired) electrons. The highest BCUT2D eigenvalue weighted by molar-refractivity contribution is 7.87. The maximum absolute atomic E-state index is 11.6. The third-order valence-corrected chi connectivity index (χ3v) is 4.00. The Balaban J connectivity index is 0.000000315. The fraction of sp³-hybridized carbons (Fsp3) is 0.571. The van der Waals surface area contributed by atoms with Gasteiger partial charge in [-0.3, -0.25) is 4.21 Å². The van der Waals surface area contributed by atoms with Gasteiger partial charge in [-0.25, -0.2) is 0 Å². The van der Waals surface area contributed by atoms with Crippen LogP contribution in [0.3, 0.4) is 0 Å². The Hall–Kier alpha value is -0.630. The molecule has 0 spiro atoms. The van der Waals surface area contributed by atoms with Gasteiger partial charge < -0.3 is 0 Å².